The van der Waals surface area contributed by atoms with E-state index in [1.165, 1.54) is 17.4 Å². The van der Waals surface area contributed by atoms with Gasteiger partial charge in [0.2, 0.25) is 11.8 Å². The first-order chi connectivity index (χ1) is 15.4. The first-order valence-corrected chi connectivity index (χ1v) is 11.8. The highest BCUT2D eigenvalue weighted by Crippen LogP contribution is 2.33. The molecule has 2 atom stereocenters. The molecule has 0 radical (unpaired) electrons. The summed E-state index contributed by atoms with van der Waals surface area (Å²) in [5, 5.41) is 3.20. The average molecular weight is 459 g/mol. The first kappa shape index (κ1) is 22.4. The van der Waals surface area contributed by atoms with E-state index in [0.717, 1.165) is 6.42 Å². The summed E-state index contributed by atoms with van der Waals surface area (Å²) in [5.41, 5.74) is 1.14. The SMILES string of the molecule is CCC(C)C(=O)Nc1nc2c(s1)C(=O)CC(C(=O)N1CCN(c3ccccc3F)CC1)C2. The highest BCUT2D eigenvalue weighted by molar-refractivity contribution is 7.17. The maximum atomic E-state index is 14.1. The molecule has 1 N–H and O–H groups in total. The Labute approximate surface area is 190 Å². The van der Waals surface area contributed by atoms with Crippen molar-refractivity contribution in [3.05, 3.63) is 40.7 Å². The number of rotatable bonds is 5. The fourth-order valence-electron chi connectivity index (χ4n) is 4.11. The number of carbonyl (C=O) groups excluding carboxylic acids is 3. The molecule has 2 aromatic rings. The van der Waals surface area contributed by atoms with Gasteiger partial charge < -0.3 is 15.1 Å². The van der Waals surface area contributed by atoms with Crippen molar-refractivity contribution in [3.63, 3.8) is 0 Å². The standard InChI is InChI=1S/C23H27FN4O3S/c1-3-14(2)21(30)26-23-25-17-12-15(13-19(29)20(17)32-23)22(31)28-10-8-27(9-11-28)18-7-5-4-6-16(18)24/h4-7,14-15H,3,8-13H2,1-2H3,(H,25,26,30). The lowest BCUT2D eigenvalue weighted by atomic mass is 9.88. The lowest BCUT2D eigenvalue weighted by Gasteiger charge is -2.38. The van der Waals surface area contributed by atoms with Crippen molar-refractivity contribution < 1.29 is 18.8 Å². The summed E-state index contributed by atoms with van der Waals surface area (Å²) < 4.78 is 14.1. The number of piperazine rings is 1. The van der Waals surface area contributed by atoms with E-state index < -0.39 is 5.92 Å². The molecule has 2 aliphatic rings. The van der Waals surface area contributed by atoms with E-state index in [0.29, 0.717) is 54.0 Å². The maximum Gasteiger partial charge on any atom is 0.228 e. The molecule has 2 heterocycles. The van der Waals surface area contributed by atoms with Crippen LogP contribution >= 0.6 is 11.3 Å². The molecule has 0 saturated carbocycles. The number of aromatic nitrogens is 1. The number of fused-ring (bicyclic) bond motifs is 1. The van der Waals surface area contributed by atoms with Gasteiger partial charge in [-0.25, -0.2) is 9.37 Å². The third-order valence-electron chi connectivity index (χ3n) is 6.25. The zero-order chi connectivity index (χ0) is 22.8. The van der Waals surface area contributed by atoms with Crippen LogP contribution in [0.15, 0.2) is 24.3 Å². The van der Waals surface area contributed by atoms with Crippen LogP contribution in [-0.2, 0) is 16.0 Å². The van der Waals surface area contributed by atoms with Crippen LogP contribution < -0.4 is 10.2 Å². The topological polar surface area (TPSA) is 82.6 Å². The number of hydrogen-bond acceptors (Lipinski definition) is 6. The van der Waals surface area contributed by atoms with Crippen LogP contribution in [0.4, 0.5) is 15.2 Å². The molecule has 1 aliphatic heterocycles. The molecule has 1 aromatic carbocycles. The third kappa shape index (κ3) is 4.53. The Bertz CT molecular complexity index is 1030. The minimum absolute atomic E-state index is 0.0598. The van der Waals surface area contributed by atoms with E-state index >= 15 is 0 Å². The predicted molar refractivity (Wildman–Crippen MR) is 122 cm³/mol. The van der Waals surface area contributed by atoms with E-state index in [1.807, 2.05) is 18.7 Å². The molecule has 170 valence electrons. The lowest BCUT2D eigenvalue weighted by Crippen LogP contribution is -2.51. The van der Waals surface area contributed by atoms with Crippen molar-refractivity contribution in [2.24, 2.45) is 11.8 Å². The monoisotopic (exact) mass is 458 g/mol. The molecule has 32 heavy (non-hydrogen) atoms. The fraction of sp³-hybridized carbons (Fsp3) is 0.478. The molecule has 1 saturated heterocycles. The molecule has 2 amide bonds. The maximum absolute atomic E-state index is 14.1. The van der Waals surface area contributed by atoms with Crippen molar-refractivity contribution in [1.82, 2.24) is 9.88 Å². The molecule has 9 heteroatoms. The number of hydrogen-bond donors (Lipinski definition) is 1. The average Bonchev–Trinajstić information content (AvgIpc) is 3.21. The summed E-state index contributed by atoms with van der Waals surface area (Å²) in [7, 11) is 0. The van der Waals surface area contributed by atoms with Crippen LogP contribution in [0.1, 0.15) is 42.1 Å². The second-order valence-corrected chi connectivity index (χ2v) is 9.38. The van der Waals surface area contributed by atoms with Crippen molar-refractivity contribution in [2.45, 2.75) is 33.1 Å². The first-order valence-electron chi connectivity index (χ1n) is 11.0. The number of ketones is 1. The van der Waals surface area contributed by atoms with Gasteiger partial charge in [0.05, 0.1) is 22.2 Å². The normalized spacial score (nSPS) is 19.5. The Kier molecular flexibility index (Phi) is 6.55. The number of carbonyl (C=O) groups is 3. The highest BCUT2D eigenvalue weighted by atomic mass is 32.1. The smallest absolute Gasteiger partial charge is 0.228 e. The Morgan fingerprint density at radius 2 is 1.94 bits per heavy atom. The number of nitrogens with one attached hydrogen (secondary N) is 1. The zero-order valence-electron chi connectivity index (χ0n) is 18.3. The van der Waals surface area contributed by atoms with Crippen LogP contribution in [0, 0.1) is 17.7 Å². The number of nitrogens with zero attached hydrogens (tertiary/aromatic N) is 3. The van der Waals surface area contributed by atoms with Gasteiger partial charge in [0.25, 0.3) is 0 Å². The van der Waals surface area contributed by atoms with Crippen molar-refractivity contribution in [1.29, 1.82) is 0 Å². The van der Waals surface area contributed by atoms with E-state index in [1.54, 1.807) is 23.1 Å². The third-order valence-corrected chi connectivity index (χ3v) is 7.30. The van der Waals surface area contributed by atoms with Gasteiger partial charge in [-0.1, -0.05) is 37.3 Å². The highest BCUT2D eigenvalue weighted by Gasteiger charge is 2.36. The quantitative estimate of drug-likeness (QED) is 0.743. The summed E-state index contributed by atoms with van der Waals surface area (Å²) in [6.07, 6.45) is 1.26. The number of benzene rings is 1. The molecule has 1 aliphatic carbocycles. The van der Waals surface area contributed by atoms with Gasteiger partial charge in [-0.15, -0.1) is 0 Å². The predicted octanol–water partition coefficient (Wildman–Crippen LogP) is 3.36. The molecule has 2 unspecified atom stereocenters. The summed E-state index contributed by atoms with van der Waals surface area (Å²) >= 11 is 1.19. The second kappa shape index (κ2) is 9.36. The van der Waals surface area contributed by atoms with Crippen LogP contribution in [-0.4, -0.2) is 53.7 Å². The Hall–Kier alpha value is -2.81. The Morgan fingerprint density at radius 1 is 1.22 bits per heavy atom. The summed E-state index contributed by atoms with van der Waals surface area (Å²) in [6.45, 7) is 5.83. The van der Waals surface area contributed by atoms with Gasteiger partial charge in [0.1, 0.15) is 5.82 Å². The van der Waals surface area contributed by atoms with Gasteiger partial charge in [0.15, 0.2) is 10.9 Å². The largest absolute Gasteiger partial charge is 0.366 e. The van der Waals surface area contributed by atoms with Gasteiger partial charge in [0, 0.05) is 44.9 Å². The van der Waals surface area contributed by atoms with E-state index in [2.05, 4.69) is 10.3 Å². The van der Waals surface area contributed by atoms with Crippen molar-refractivity contribution in [2.75, 3.05) is 36.4 Å². The van der Waals surface area contributed by atoms with Gasteiger partial charge in [-0.05, 0) is 18.6 Å². The molecule has 4 rings (SSSR count). The number of para-hydroxylation sites is 1. The van der Waals surface area contributed by atoms with Crippen LogP contribution in [0.25, 0.3) is 0 Å². The van der Waals surface area contributed by atoms with E-state index in [9.17, 15) is 18.8 Å². The van der Waals surface area contributed by atoms with E-state index in [4.69, 9.17) is 0 Å². The minimum Gasteiger partial charge on any atom is -0.366 e. The number of Topliss-reactive ketones (excluding diaryl/α,β-unsaturated/α-hetero) is 1. The number of halogens is 1. The van der Waals surface area contributed by atoms with Crippen molar-refractivity contribution in [3.8, 4) is 0 Å². The lowest BCUT2D eigenvalue weighted by molar-refractivity contribution is -0.136. The van der Waals surface area contributed by atoms with Gasteiger partial charge in [-0.3, -0.25) is 14.4 Å². The summed E-state index contributed by atoms with van der Waals surface area (Å²) in [4.78, 5) is 46.6. The second-order valence-electron chi connectivity index (χ2n) is 8.39. The van der Waals surface area contributed by atoms with Crippen LogP contribution in [0.2, 0.25) is 0 Å². The molecule has 1 fully saturated rings. The van der Waals surface area contributed by atoms with E-state index in [-0.39, 0.29) is 35.8 Å². The molecular weight excluding hydrogens is 431 g/mol. The zero-order valence-corrected chi connectivity index (χ0v) is 19.1. The number of amides is 2. The molecule has 0 spiro atoms. The number of thiazole rings is 1. The van der Waals surface area contributed by atoms with Gasteiger partial charge in [-0.2, -0.15) is 0 Å². The fourth-order valence-corrected chi connectivity index (χ4v) is 5.05. The number of anilines is 2. The summed E-state index contributed by atoms with van der Waals surface area (Å²) in [5.74, 6) is -1.13. The summed E-state index contributed by atoms with van der Waals surface area (Å²) in [6, 6.07) is 6.64. The van der Waals surface area contributed by atoms with Crippen LogP contribution in [0.3, 0.4) is 0 Å². The Balaban J connectivity index is 1.39. The van der Waals surface area contributed by atoms with Crippen LogP contribution in [0.5, 0.6) is 0 Å². The van der Waals surface area contributed by atoms with Crippen molar-refractivity contribution >= 4 is 39.8 Å². The molecule has 1 aromatic heterocycles. The van der Waals surface area contributed by atoms with Gasteiger partial charge >= 0.3 is 0 Å². The Morgan fingerprint density at radius 3 is 2.62 bits per heavy atom. The molecular formula is C23H27FN4O3S. The molecule has 7 nitrogen and oxygen atoms in total. The molecule has 0 bridgehead atoms. The minimum atomic E-state index is -0.449.